The summed E-state index contributed by atoms with van der Waals surface area (Å²) in [6.07, 6.45) is -3.50. The van der Waals surface area contributed by atoms with E-state index in [0.29, 0.717) is 6.61 Å². The highest BCUT2D eigenvalue weighted by atomic mass is 19.4. The zero-order valence-electron chi connectivity index (χ0n) is 13.5. The van der Waals surface area contributed by atoms with Gasteiger partial charge in [0.25, 0.3) is 5.91 Å². The van der Waals surface area contributed by atoms with Gasteiger partial charge in [0.2, 0.25) is 0 Å². The summed E-state index contributed by atoms with van der Waals surface area (Å²) < 4.78 is 49.5. The van der Waals surface area contributed by atoms with Gasteiger partial charge < -0.3 is 14.8 Å². The molecule has 0 bridgehead atoms. The minimum Gasteiger partial charge on any atom is -0.483 e. The van der Waals surface area contributed by atoms with Crippen LogP contribution in [-0.4, -0.2) is 31.3 Å². The molecular weight excluding hydrogens is 323 g/mol. The largest absolute Gasteiger partial charge is 0.483 e. The van der Waals surface area contributed by atoms with Crippen molar-refractivity contribution in [2.75, 3.05) is 13.2 Å². The summed E-state index contributed by atoms with van der Waals surface area (Å²) in [5, 5.41) is 2.88. The lowest BCUT2D eigenvalue weighted by atomic mass is 9.57. The van der Waals surface area contributed by atoms with Gasteiger partial charge in [-0.3, -0.25) is 4.79 Å². The van der Waals surface area contributed by atoms with Crippen LogP contribution in [0.1, 0.15) is 25.8 Å². The van der Waals surface area contributed by atoms with Gasteiger partial charge in [0.1, 0.15) is 5.75 Å². The number of nitrogens with one attached hydrogen (secondary N) is 1. The van der Waals surface area contributed by atoms with Crippen LogP contribution in [0.3, 0.4) is 0 Å². The standard InChI is InChI=1S/C17H20F3NO3/c1-16(2)14(10-7-8-23-15(10)16)21-13(22)9-24-12-6-4-3-5-11(12)17(18,19)20/h3-6,10,14-15H,7-9H2,1-2H3,(H,21,22)/t10-,14-,15+/m1/s1. The Hall–Kier alpha value is -1.76. The highest BCUT2D eigenvalue weighted by Gasteiger charge is 2.59. The molecule has 1 saturated carbocycles. The van der Waals surface area contributed by atoms with Crippen LogP contribution in [-0.2, 0) is 15.7 Å². The summed E-state index contributed by atoms with van der Waals surface area (Å²) in [6, 6.07) is 4.83. The van der Waals surface area contributed by atoms with Crippen LogP contribution >= 0.6 is 0 Å². The van der Waals surface area contributed by atoms with Gasteiger partial charge >= 0.3 is 6.18 Å². The van der Waals surface area contributed by atoms with Crippen LogP contribution in [0.5, 0.6) is 5.75 Å². The Balaban J connectivity index is 1.59. The second kappa shape index (κ2) is 5.95. The van der Waals surface area contributed by atoms with Gasteiger partial charge in [0.05, 0.1) is 11.7 Å². The van der Waals surface area contributed by atoms with Crippen molar-refractivity contribution in [1.29, 1.82) is 0 Å². The molecule has 24 heavy (non-hydrogen) atoms. The van der Waals surface area contributed by atoms with Gasteiger partial charge in [-0.05, 0) is 18.6 Å². The summed E-state index contributed by atoms with van der Waals surface area (Å²) >= 11 is 0. The van der Waals surface area contributed by atoms with Crippen LogP contribution in [0.15, 0.2) is 24.3 Å². The summed E-state index contributed by atoms with van der Waals surface area (Å²) in [5.74, 6) is -0.489. The van der Waals surface area contributed by atoms with Crippen molar-refractivity contribution >= 4 is 5.91 Å². The molecule has 1 aromatic rings. The van der Waals surface area contributed by atoms with E-state index in [1.54, 1.807) is 0 Å². The van der Waals surface area contributed by atoms with Crippen LogP contribution in [0, 0.1) is 11.3 Å². The van der Waals surface area contributed by atoms with Gasteiger partial charge in [-0.2, -0.15) is 13.2 Å². The van der Waals surface area contributed by atoms with E-state index in [2.05, 4.69) is 5.32 Å². The molecule has 0 radical (unpaired) electrons. The van der Waals surface area contributed by atoms with E-state index >= 15 is 0 Å². The monoisotopic (exact) mass is 343 g/mol. The van der Waals surface area contributed by atoms with Gasteiger partial charge in [-0.25, -0.2) is 0 Å². The quantitative estimate of drug-likeness (QED) is 0.914. The molecule has 1 heterocycles. The van der Waals surface area contributed by atoms with Crippen molar-refractivity contribution in [1.82, 2.24) is 5.32 Å². The first-order valence-corrected chi connectivity index (χ1v) is 7.91. The fourth-order valence-electron chi connectivity index (χ4n) is 3.80. The smallest absolute Gasteiger partial charge is 0.419 e. The lowest BCUT2D eigenvalue weighted by molar-refractivity contribution is -0.142. The number of benzene rings is 1. The number of para-hydroxylation sites is 1. The van der Waals surface area contributed by atoms with Crippen molar-refractivity contribution in [3.8, 4) is 5.75 Å². The molecule has 1 amide bonds. The van der Waals surface area contributed by atoms with Gasteiger partial charge in [0, 0.05) is 24.0 Å². The maximum Gasteiger partial charge on any atom is 0.419 e. The molecule has 7 heteroatoms. The number of halogens is 3. The van der Waals surface area contributed by atoms with Gasteiger partial charge in [-0.1, -0.05) is 26.0 Å². The summed E-state index contributed by atoms with van der Waals surface area (Å²) in [6.45, 7) is 4.27. The van der Waals surface area contributed by atoms with E-state index < -0.39 is 24.3 Å². The third-order valence-corrected chi connectivity index (χ3v) is 4.97. The number of carbonyl (C=O) groups excluding carboxylic acids is 1. The molecule has 0 spiro atoms. The van der Waals surface area contributed by atoms with E-state index in [4.69, 9.17) is 9.47 Å². The van der Waals surface area contributed by atoms with E-state index in [9.17, 15) is 18.0 Å². The van der Waals surface area contributed by atoms with Crippen molar-refractivity contribution in [2.45, 2.75) is 38.6 Å². The third-order valence-electron chi connectivity index (χ3n) is 4.97. The predicted molar refractivity (Wildman–Crippen MR) is 80.5 cm³/mol. The lowest BCUT2D eigenvalue weighted by Crippen LogP contribution is -2.67. The van der Waals surface area contributed by atoms with E-state index in [1.165, 1.54) is 18.2 Å². The fraction of sp³-hybridized carbons (Fsp3) is 0.588. The van der Waals surface area contributed by atoms with Crippen LogP contribution in [0.25, 0.3) is 0 Å². The number of rotatable bonds is 4. The number of hydrogen-bond donors (Lipinski definition) is 1. The maximum atomic E-state index is 12.9. The zero-order chi connectivity index (χ0) is 17.5. The second-order valence-corrected chi connectivity index (χ2v) is 6.89. The first-order chi connectivity index (χ1) is 11.2. The highest BCUT2D eigenvalue weighted by molar-refractivity contribution is 5.78. The Morgan fingerprint density at radius 2 is 2.08 bits per heavy atom. The molecule has 1 aliphatic heterocycles. The fourth-order valence-corrected chi connectivity index (χ4v) is 3.80. The molecule has 1 aromatic carbocycles. The first kappa shape index (κ1) is 17.1. The Bertz CT molecular complexity index is 630. The highest BCUT2D eigenvalue weighted by Crippen LogP contribution is 2.52. The average molecular weight is 343 g/mol. The molecule has 132 valence electrons. The van der Waals surface area contributed by atoms with Crippen LogP contribution in [0.4, 0.5) is 13.2 Å². The molecule has 4 nitrogen and oxygen atoms in total. The van der Waals surface area contributed by atoms with Crippen molar-refractivity contribution in [2.24, 2.45) is 11.3 Å². The number of hydrogen-bond acceptors (Lipinski definition) is 3. The van der Waals surface area contributed by atoms with E-state index in [1.807, 2.05) is 13.8 Å². The van der Waals surface area contributed by atoms with Gasteiger partial charge in [0.15, 0.2) is 6.61 Å². The minimum absolute atomic E-state index is 0.0426. The molecule has 0 unspecified atom stereocenters. The normalized spacial score (nSPS) is 28.0. The third kappa shape index (κ3) is 2.97. The second-order valence-electron chi connectivity index (χ2n) is 6.89. The summed E-state index contributed by atoms with van der Waals surface area (Å²) in [5.41, 5.74) is -1.06. The number of carbonyl (C=O) groups is 1. The van der Waals surface area contributed by atoms with Gasteiger partial charge in [-0.15, -0.1) is 0 Å². The summed E-state index contributed by atoms with van der Waals surface area (Å²) in [7, 11) is 0. The van der Waals surface area contributed by atoms with Crippen LogP contribution in [0.2, 0.25) is 0 Å². The van der Waals surface area contributed by atoms with E-state index in [-0.39, 0.29) is 29.2 Å². The minimum atomic E-state index is -4.52. The molecule has 0 aromatic heterocycles. The first-order valence-electron chi connectivity index (χ1n) is 7.91. The number of alkyl halides is 3. The van der Waals surface area contributed by atoms with Crippen molar-refractivity contribution in [3.05, 3.63) is 29.8 Å². The molecule has 1 N–H and O–H groups in total. The summed E-state index contributed by atoms with van der Waals surface area (Å²) in [4.78, 5) is 12.1. The van der Waals surface area contributed by atoms with Crippen LogP contribution < -0.4 is 10.1 Å². The Morgan fingerprint density at radius 3 is 2.79 bits per heavy atom. The predicted octanol–water partition coefficient (Wildman–Crippen LogP) is 3.01. The molecule has 2 aliphatic rings. The molecule has 1 saturated heterocycles. The molecule has 3 atom stereocenters. The molecule has 2 fully saturated rings. The SMILES string of the molecule is CC1(C)[C@H](NC(=O)COc2ccccc2C(F)(F)F)[C@H]2CCO[C@@H]21. The molecule has 3 rings (SSSR count). The molecular formula is C17H20F3NO3. The Kier molecular flexibility index (Phi) is 4.23. The maximum absolute atomic E-state index is 12.9. The number of fused-ring (bicyclic) bond motifs is 1. The van der Waals surface area contributed by atoms with E-state index in [0.717, 1.165) is 12.5 Å². The topological polar surface area (TPSA) is 47.6 Å². The zero-order valence-corrected chi connectivity index (χ0v) is 13.5. The molecule has 1 aliphatic carbocycles. The number of amides is 1. The number of ether oxygens (including phenoxy) is 2. The Morgan fingerprint density at radius 1 is 1.38 bits per heavy atom. The Labute approximate surface area is 138 Å². The van der Waals surface area contributed by atoms with Crippen molar-refractivity contribution in [3.63, 3.8) is 0 Å². The lowest BCUT2D eigenvalue weighted by Gasteiger charge is -2.54. The average Bonchev–Trinajstić information content (AvgIpc) is 2.97. The van der Waals surface area contributed by atoms with Crippen molar-refractivity contribution < 1.29 is 27.4 Å².